The van der Waals surface area contributed by atoms with Crippen LogP contribution in [0.1, 0.15) is 28.4 Å². The molecule has 2 aliphatic heterocycles. The van der Waals surface area contributed by atoms with Crippen LogP contribution in [0.15, 0.2) is 72.8 Å². The van der Waals surface area contributed by atoms with Gasteiger partial charge in [-0.3, -0.25) is 15.0 Å². The molecule has 0 radical (unpaired) electrons. The van der Waals surface area contributed by atoms with E-state index in [4.69, 9.17) is 4.74 Å². The Morgan fingerprint density at radius 2 is 1.76 bits per heavy atom. The van der Waals surface area contributed by atoms with Crippen molar-refractivity contribution in [3.63, 3.8) is 0 Å². The third-order valence-corrected chi connectivity index (χ3v) is 7.73. The summed E-state index contributed by atoms with van der Waals surface area (Å²) in [4.78, 5) is 20.5. The van der Waals surface area contributed by atoms with Crippen molar-refractivity contribution in [1.29, 1.82) is 0 Å². The molecule has 0 bridgehead atoms. The Morgan fingerprint density at radius 3 is 2.51 bits per heavy atom. The smallest absolute Gasteiger partial charge is 0.321 e. The number of para-hydroxylation sites is 2. The van der Waals surface area contributed by atoms with Crippen LogP contribution in [-0.4, -0.2) is 60.3 Å². The molecule has 3 aromatic carbocycles. The Bertz CT molecular complexity index is 1410. The zero-order valence-corrected chi connectivity index (χ0v) is 21.0. The number of carbonyl (C=O) groups is 1. The molecule has 6 rings (SSSR count). The largest absolute Gasteiger partial charge is 0.496 e. The fraction of sp³-hybridized carbons (Fsp3) is 0.300. The SMILES string of the molecule is COc1ccc(C2NC(C(=O)O)Cc3c2[nH]c2ccccc32)cc1CN1CCN(c2ccccc2)CC1. The summed E-state index contributed by atoms with van der Waals surface area (Å²) in [5.74, 6) is 0.0302. The molecule has 0 aliphatic carbocycles. The third kappa shape index (κ3) is 4.56. The van der Waals surface area contributed by atoms with Crippen LogP contribution in [0, 0.1) is 0 Å². The van der Waals surface area contributed by atoms with Gasteiger partial charge >= 0.3 is 5.97 Å². The van der Waals surface area contributed by atoms with Gasteiger partial charge in [-0.25, -0.2) is 0 Å². The lowest BCUT2D eigenvalue weighted by molar-refractivity contribution is -0.139. The van der Waals surface area contributed by atoms with Crippen LogP contribution in [-0.2, 0) is 17.8 Å². The van der Waals surface area contributed by atoms with Crippen LogP contribution in [0.5, 0.6) is 5.75 Å². The fourth-order valence-electron chi connectivity index (χ4n) is 5.80. The molecule has 4 aromatic rings. The van der Waals surface area contributed by atoms with Gasteiger partial charge in [0.1, 0.15) is 11.8 Å². The van der Waals surface area contributed by atoms with E-state index in [0.29, 0.717) is 6.42 Å². The molecule has 2 aliphatic rings. The van der Waals surface area contributed by atoms with E-state index in [1.807, 2.05) is 24.3 Å². The van der Waals surface area contributed by atoms with Crippen LogP contribution >= 0.6 is 0 Å². The quantitative estimate of drug-likeness (QED) is 0.372. The summed E-state index contributed by atoms with van der Waals surface area (Å²) in [5.41, 5.74) is 6.59. The maximum absolute atomic E-state index is 12.1. The standard InChI is InChI=1S/C30H32N4O3/c1-37-27-12-11-20(17-21(27)19-33-13-15-34(16-14-33)22-7-3-2-4-8-22)28-29-24(18-26(32-28)30(35)36)23-9-5-6-10-25(23)31-29/h2-12,17,26,28,31-32H,13-16,18-19H2,1H3,(H,35,36). The van der Waals surface area contributed by atoms with Gasteiger partial charge in [-0.05, 0) is 41.5 Å². The molecule has 0 amide bonds. The Labute approximate surface area is 216 Å². The van der Waals surface area contributed by atoms with Crippen molar-refractivity contribution in [3.05, 3.63) is 95.2 Å². The second-order valence-electron chi connectivity index (χ2n) is 9.93. The first-order valence-electron chi connectivity index (χ1n) is 12.9. The molecule has 3 N–H and O–H groups in total. The van der Waals surface area contributed by atoms with Crippen molar-refractivity contribution in [2.24, 2.45) is 0 Å². The van der Waals surface area contributed by atoms with Crippen LogP contribution in [0.4, 0.5) is 5.69 Å². The second-order valence-corrected chi connectivity index (χ2v) is 9.93. The van der Waals surface area contributed by atoms with E-state index in [9.17, 15) is 9.90 Å². The number of H-pyrrole nitrogens is 1. The number of aromatic amines is 1. The number of methoxy groups -OCH3 is 1. The fourth-order valence-corrected chi connectivity index (χ4v) is 5.80. The molecule has 2 unspecified atom stereocenters. The first-order chi connectivity index (χ1) is 18.1. The van der Waals surface area contributed by atoms with E-state index in [-0.39, 0.29) is 6.04 Å². The van der Waals surface area contributed by atoms with Gasteiger partial charge in [0.15, 0.2) is 0 Å². The third-order valence-electron chi connectivity index (χ3n) is 7.73. The normalized spacial score (nSPS) is 20.1. The number of fused-ring (bicyclic) bond motifs is 3. The van der Waals surface area contributed by atoms with E-state index < -0.39 is 12.0 Å². The number of ether oxygens (including phenoxy) is 1. The predicted octanol–water partition coefficient (Wildman–Crippen LogP) is 4.19. The average molecular weight is 497 g/mol. The Hall–Kier alpha value is -3.81. The number of anilines is 1. The Balaban J connectivity index is 1.27. The lowest BCUT2D eigenvalue weighted by atomic mass is 9.89. The number of hydrogen-bond acceptors (Lipinski definition) is 5. The van der Waals surface area contributed by atoms with Crippen molar-refractivity contribution >= 4 is 22.6 Å². The monoisotopic (exact) mass is 496 g/mol. The van der Waals surface area contributed by atoms with Gasteiger partial charge in [-0.1, -0.05) is 42.5 Å². The molecule has 1 aromatic heterocycles. The Morgan fingerprint density at radius 1 is 1.00 bits per heavy atom. The number of hydrogen-bond donors (Lipinski definition) is 3. The summed E-state index contributed by atoms with van der Waals surface area (Å²) in [7, 11) is 1.71. The number of benzene rings is 3. The molecule has 190 valence electrons. The minimum absolute atomic E-state index is 0.239. The predicted molar refractivity (Wildman–Crippen MR) is 145 cm³/mol. The minimum atomic E-state index is -0.828. The average Bonchev–Trinajstić information content (AvgIpc) is 3.32. The van der Waals surface area contributed by atoms with E-state index in [1.54, 1.807) is 7.11 Å². The summed E-state index contributed by atoms with van der Waals surface area (Å²) < 4.78 is 5.74. The molecular weight excluding hydrogens is 464 g/mol. The number of carboxylic acids is 1. The number of aromatic nitrogens is 1. The number of nitrogens with zero attached hydrogens (tertiary/aromatic N) is 2. The van der Waals surface area contributed by atoms with Crippen molar-refractivity contribution in [2.45, 2.75) is 25.0 Å². The Kier molecular flexibility index (Phi) is 6.32. The van der Waals surface area contributed by atoms with Gasteiger partial charge in [0.25, 0.3) is 0 Å². The highest BCUT2D eigenvalue weighted by Crippen LogP contribution is 2.37. The number of carboxylic acid groups (broad SMARTS) is 1. The molecule has 0 saturated carbocycles. The van der Waals surface area contributed by atoms with Crippen LogP contribution in [0.25, 0.3) is 10.9 Å². The van der Waals surface area contributed by atoms with Crippen LogP contribution < -0.4 is 15.0 Å². The summed E-state index contributed by atoms with van der Waals surface area (Å²) in [6.45, 7) is 4.69. The lowest BCUT2D eigenvalue weighted by Gasteiger charge is -2.36. The first-order valence-corrected chi connectivity index (χ1v) is 12.9. The number of nitrogens with one attached hydrogen (secondary N) is 2. The molecule has 1 fully saturated rings. The zero-order valence-electron chi connectivity index (χ0n) is 21.0. The van der Waals surface area contributed by atoms with Gasteiger partial charge < -0.3 is 19.7 Å². The van der Waals surface area contributed by atoms with Crippen molar-refractivity contribution in [2.75, 3.05) is 38.2 Å². The molecule has 3 heterocycles. The molecule has 7 heteroatoms. The topological polar surface area (TPSA) is 80.8 Å². The first kappa shape index (κ1) is 23.6. The van der Waals surface area contributed by atoms with E-state index in [2.05, 4.69) is 68.6 Å². The summed E-state index contributed by atoms with van der Waals surface area (Å²) >= 11 is 0. The second kappa shape index (κ2) is 9.92. The summed E-state index contributed by atoms with van der Waals surface area (Å²) in [6.07, 6.45) is 0.458. The van der Waals surface area contributed by atoms with Crippen molar-refractivity contribution < 1.29 is 14.6 Å². The zero-order chi connectivity index (χ0) is 25.4. The number of piperazine rings is 1. The number of rotatable bonds is 6. The summed E-state index contributed by atoms with van der Waals surface area (Å²) in [6, 6.07) is 24.1. The van der Waals surface area contributed by atoms with Crippen LogP contribution in [0.3, 0.4) is 0 Å². The maximum Gasteiger partial charge on any atom is 0.321 e. The maximum atomic E-state index is 12.1. The highest BCUT2D eigenvalue weighted by Gasteiger charge is 2.34. The van der Waals surface area contributed by atoms with Gasteiger partial charge in [0, 0.05) is 67.0 Å². The summed E-state index contributed by atoms with van der Waals surface area (Å²) in [5, 5.41) is 14.4. The molecular formula is C30H32N4O3. The van der Waals surface area contributed by atoms with Gasteiger partial charge in [0.05, 0.1) is 13.2 Å². The molecule has 7 nitrogen and oxygen atoms in total. The highest BCUT2D eigenvalue weighted by atomic mass is 16.5. The molecule has 0 spiro atoms. The van der Waals surface area contributed by atoms with Gasteiger partial charge in [-0.2, -0.15) is 0 Å². The number of aliphatic carboxylic acids is 1. The van der Waals surface area contributed by atoms with Crippen LogP contribution in [0.2, 0.25) is 0 Å². The van der Waals surface area contributed by atoms with Gasteiger partial charge in [0.2, 0.25) is 0 Å². The van der Waals surface area contributed by atoms with Gasteiger partial charge in [-0.15, -0.1) is 0 Å². The molecule has 1 saturated heterocycles. The van der Waals surface area contributed by atoms with E-state index in [1.165, 1.54) is 5.69 Å². The van der Waals surface area contributed by atoms with E-state index in [0.717, 1.165) is 71.8 Å². The molecule has 37 heavy (non-hydrogen) atoms. The van der Waals surface area contributed by atoms with E-state index >= 15 is 0 Å². The minimum Gasteiger partial charge on any atom is -0.496 e. The van der Waals surface area contributed by atoms with Crippen molar-refractivity contribution in [1.82, 2.24) is 15.2 Å². The lowest BCUT2D eigenvalue weighted by Crippen LogP contribution is -2.46. The molecule has 2 atom stereocenters. The highest BCUT2D eigenvalue weighted by molar-refractivity contribution is 5.87. The van der Waals surface area contributed by atoms with Crippen molar-refractivity contribution in [3.8, 4) is 5.75 Å².